The van der Waals surface area contributed by atoms with Crippen LogP contribution in [0.5, 0.6) is 0 Å². The highest BCUT2D eigenvalue weighted by atomic mass is 15.0. The number of fused-ring (bicyclic) bond motifs is 6. The van der Waals surface area contributed by atoms with Gasteiger partial charge in [-0.05, 0) is 89.0 Å². The van der Waals surface area contributed by atoms with Crippen molar-refractivity contribution >= 4 is 43.6 Å². The van der Waals surface area contributed by atoms with Crippen LogP contribution in [0.4, 0.5) is 0 Å². The van der Waals surface area contributed by atoms with Crippen molar-refractivity contribution < 1.29 is 0 Å². The first-order valence-electron chi connectivity index (χ1n) is 21.1. The van der Waals surface area contributed by atoms with Gasteiger partial charge < -0.3 is 9.13 Å². The van der Waals surface area contributed by atoms with E-state index in [1.54, 1.807) is 0 Å². The van der Waals surface area contributed by atoms with Gasteiger partial charge in [-0.15, -0.1) is 0 Å². The number of para-hydroxylation sites is 2. The lowest BCUT2D eigenvalue weighted by Crippen LogP contribution is -1.97. The largest absolute Gasteiger partial charge is 0.309 e. The van der Waals surface area contributed by atoms with Crippen molar-refractivity contribution in [1.29, 1.82) is 0 Å². The highest BCUT2D eigenvalue weighted by molar-refractivity contribution is 6.12. The summed E-state index contributed by atoms with van der Waals surface area (Å²) in [6, 6.07) is 82.2. The molecule has 290 valence electrons. The second-order valence-electron chi connectivity index (χ2n) is 15.8. The quantitative estimate of drug-likeness (QED) is 0.161. The molecule has 0 saturated carbocycles. The van der Waals surface area contributed by atoms with Crippen molar-refractivity contribution in [2.75, 3.05) is 0 Å². The van der Waals surface area contributed by atoms with Crippen molar-refractivity contribution in [1.82, 2.24) is 19.1 Å². The Bertz CT molecular complexity index is 3550. The number of hydrogen-bond acceptors (Lipinski definition) is 2. The first-order chi connectivity index (χ1) is 30.7. The molecule has 62 heavy (non-hydrogen) atoms. The molecule has 12 rings (SSSR count). The van der Waals surface area contributed by atoms with E-state index in [2.05, 4.69) is 203 Å². The average molecular weight is 791 g/mol. The van der Waals surface area contributed by atoms with Gasteiger partial charge in [0.15, 0.2) is 5.82 Å². The second kappa shape index (κ2) is 14.7. The maximum absolute atomic E-state index is 5.08. The maximum Gasteiger partial charge on any atom is 0.160 e. The van der Waals surface area contributed by atoms with Crippen LogP contribution in [0.15, 0.2) is 231 Å². The van der Waals surface area contributed by atoms with E-state index in [1.807, 2.05) is 36.4 Å². The molecule has 0 aliphatic rings. The van der Waals surface area contributed by atoms with E-state index >= 15 is 0 Å². The van der Waals surface area contributed by atoms with Gasteiger partial charge in [0.2, 0.25) is 0 Å². The summed E-state index contributed by atoms with van der Waals surface area (Å²) in [5, 5.41) is 4.92. The molecule has 12 aromatic rings. The summed E-state index contributed by atoms with van der Waals surface area (Å²) in [5.74, 6) is 0.711. The lowest BCUT2D eigenvalue weighted by molar-refractivity contribution is 1.17. The van der Waals surface area contributed by atoms with Gasteiger partial charge in [0.25, 0.3) is 0 Å². The highest BCUT2D eigenvalue weighted by Crippen LogP contribution is 2.39. The van der Waals surface area contributed by atoms with Crippen LogP contribution in [-0.4, -0.2) is 19.1 Å². The van der Waals surface area contributed by atoms with Crippen LogP contribution in [0.3, 0.4) is 0 Å². The van der Waals surface area contributed by atoms with Crippen LogP contribution >= 0.6 is 0 Å². The summed E-state index contributed by atoms with van der Waals surface area (Å²) >= 11 is 0. The van der Waals surface area contributed by atoms with E-state index in [1.165, 1.54) is 65.9 Å². The molecular weight excluding hydrogens is 753 g/mol. The minimum absolute atomic E-state index is 0.711. The van der Waals surface area contributed by atoms with Crippen molar-refractivity contribution in [2.45, 2.75) is 0 Å². The van der Waals surface area contributed by atoms with Gasteiger partial charge in [-0.2, -0.15) is 0 Å². The molecule has 3 aromatic heterocycles. The van der Waals surface area contributed by atoms with E-state index in [-0.39, 0.29) is 0 Å². The molecule has 0 fully saturated rings. The van der Waals surface area contributed by atoms with Crippen LogP contribution in [-0.2, 0) is 0 Å². The molecule has 9 aromatic carbocycles. The van der Waals surface area contributed by atoms with Crippen LogP contribution in [0.2, 0.25) is 0 Å². The molecule has 4 heteroatoms. The maximum atomic E-state index is 5.08. The highest BCUT2D eigenvalue weighted by Gasteiger charge is 2.17. The fraction of sp³-hybridized carbons (Fsp3) is 0. The standard InChI is InChI=1S/C58H38N4/c1-4-15-39(16-5-1)43-21-14-22-47(35-43)62-55-26-13-11-24-49(55)51-37-45(30-34-57(51)62)44-29-33-56-50(36-44)48-23-10-12-25-54(48)61(56)46-31-27-41(28-32-46)53-38-52(40-17-6-2-7-18-40)59-58(60-53)42-19-8-3-9-20-42/h1-38H. The molecule has 0 spiro atoms. The van der Waals surface area contributed by atoms with E-state index in [0.717, 1.165) is 39.5 Å². The third-order valence-electron chi connectivity index (χ3n) is 12.1. The molecule has 0 aliphatic carbocycles. The van der Waals surface area contributed by atoms with Crippen molar-refractivity contribution in [3.63, 3.8) is 0 Å². The molecule has 0 radical (unpaired) electrons. The smallest absolute Gasteiger partial charge is 0.160 e. The minimum atomic E-state index is 0.711. The number of rotatable bonds is 7. The summed E-state index contributed by atoms with van der Waals surface area (Å²) in [5.41, 5.74) is 16.6. The summed E-state index contributed by atoms with van der Waals surface area (Å²) in [4.78, 5) is 10.1. The second-order valence-corrected chi connectivity index (χ2v) is 15.8. The molecule has 3 heterocycles. The molecule has 0 amide bonds. The zero-order chi connectivity index (χ0) is 41.0. The molecule has 0 bridgehead atoms. The van der Waals surface area contributed by atoms with Crippen molar-refractivity contribution in [3.8, 4) is 67.5 Å². The lowest BCUT2D eigenvalue weighted by Gasteiger charge is -2.12. The summed E-state index contributed by atoms with van der Waals surface area (Å²) in [7, 11) is 0. The zero-order valence-corrected chi connectivity index (χ0v) is 33.7. The monoisotopic (exact) mass is 790 g/mol. The Morgan fingerprint density at radius 3 is 1.24 bits per heavy atom. The molecule has 0 unspecified atom stereocenters. The Hall–Kier alpha value is -8.34. The van der Waals surface area contributed by atoms with Crippen LogP contribution in [0, 0.1) is 0 Å². The molecular formula is C58H38N4. The van der Waals surface area contributed by atoms with Crippen molar-refractivity contribution in [2.24, 2.45) is 0 Å². The normalized spacial score (nSPS) is 11.5. The predicted octanol–water partition coefficient (Wildman–Crippen LogP) is 15.0. The van der Waals surface area contributed by atoms with E-state index < -0.39 is 0 Å². The Kier molecular flexibility index (Phi) is 8.46. The van der Waals surface area contributed by atoms with Crippen LogP contribution in [0.1, 0.15) is 0 Å². The predicted molar refractivity (Wildman–Crippen MR) is 258 cm³/mol. The summed E-state index contributed by atoms with van der Waals surface area (Å²) < 4.78 is 4.78. The number of nitrogens with zero attached hydrogens (tertiary/aromatic N) is 4. The zero-order valence-electron chi connectivity index (χ0n) is 33.7. The first-order valence-corrected chi connectivity index (χ1v) is 21.1. The Balaban J connectivity index is 0.939. The van der Waals surface area contributed by atoms with E-state index in [0.29, 0.717) is 5.82 Å². The Morgan fingerprint density at radius 1 is 0.242 bits per heavy atom. The van der Waals surface area contributed by atoms with Gasteiger partial charge in [-0.3, -0.25) is 0 Å². The molecule has 0 aliphatic heterocycles. The fourth-order valence-electron chi connectivity index (χ4n) is 9.17. The van der Waals surface area contributed by atoms with Gasteiger partial charge in [0.05, 0.1) is 33.5 Å². The first kappa shape index (κ1) is 35.6. The molecule has 0 atom stereocenters. The Morgan fingerprint density at radius 2 is 0.661 bits per heavy atom. The SMILES string of the molecule is c1ccc(-c2cccc(-n3c4ccccc4c4cc(-c5ccc6c(c5)c5ccccc5n6-c5ccc(-c6cc(-c7ccccc7)nc(-c7ccccc7)n6)cc5)ccc43)c2)cc1. The molecule has 4 nitrogen and oxygen atoms in total. The van der Waals surface area contributed by atoms with Gasteiger partial charge in [0.1, 0.15) is 0 Å². The average Bonchev–Trinajstić information content (AvgIpc) is 3.87. The van der Waals surface area contributed by atoms with Gasteiger partial charge >= 0.3 is 0 Å². The molecule has 0 N–H and O–H groups in total. The molecule has 0 saturated heterocycles. The Labute approximate surface area is 359 Å². The fourth-order valence-corrected chi connectivity index (χ4v) is 9.17. The summed E-state index contributed by atoms with van der Waals surface area (Å²) in [6.45, 7) is 0. The topological polar surface area (TPSA) is 35.6 Å². The van der Waals surface area contributed by atoms with Crippen LogP contribution in [0.25, 0.3) is 111 Å². The summed E-state index contributed by atoms with van der Waals surface area (Å²) in [6.07, 6.45) is 0. The van der Waals surface area contributed by atoms with Crippen LogP contribution < -0.4 is 0 Å². The number of hydrogen-bond donors (Lipinski definition) is 0. The van der Waals surface area contributed by atoms with E-state index in [4.69, 9.17) is 9.97 Å². The third kappa shape index (κ3) is 6.08. The third-order valence-corrected chi connectivity index (χ3v) is 12.1. The minimum Gasteiger partial charge on any atom is -0.309 e. The van der Waals surface area contributed by atoms with Gasteiger partial charge in [-0.1, -0.05) is 164 Å². The van der Waals surface area contributed by atoms with E-state index in [9.17, 15) is 0 Å². The van der Waals surface area contributed by atoms with Crippen molar-refractivity contribution in [3.05, 3.63) is 231 Å². The lowest BCUT2D eigenvalue weighted by atomic mass is 10.0. The van der Waals surface area contributed by atoms with Gasteiger partial charge in [-0.25, -0.2) is 9.97 Å². The van der Waals surface area contributed by atoms with Gasteiger partial charge in [0, 0.05) is 49.6 Å². The number of benzene rings is 9. The number of aromatic nitrogens is 4.